The van der Waals surface area contributed by atoms with Crippen LogP contribution in [0.5, 0.6) is 0 Å². The highest BCUT2D eigenvalue weighted by Crippen LogP contribution is 2.14. The van der Waals surface area contributed by atoms with Crippen LogP contribution in [0.1, 0.15) is 10.4 Å². The minimum Gasteiger partial charge on any atom is -0.347 e. The zero-order chi connectivity index (χ0) is 13.8. The van der Waals surface area contributed by atoms with E-state index in [1.165, 1.54) is 0 Å². The molecular formula is C13H13BrN4O. The highest BCUT2D eigenvalue weighted by atomic mass is 79.9. The molecule has 1 aromatic heterocycles. The summed E-state index contributed by atoms with van der Waals surface area (Å²) in [4.78, 5) is 22.0. The maximum absolute atomic E-state index is 12.0. The summed E-state index contributed by atoms with van der Waals surface area (Å²) < 4.78 is 0.861. The average molecular weight is 321 g/mol. The third kappa shape index (κ3) is 3.51. The van der Waals surface area contributed by atoms with E-state index in [0.717, 1.165) is 4.47 Å². The Labute approximate surface area is 119 Å². The van der Waals surface area contributed by atoms with Crippen molar-refractivity contribution in [2.45, 2.75) is 0 Å². The Morgan fingerprint density at radius 1 is 1.26 bits per heavy atom. The zero-order valence-electron chi connectivity index (χ0n) is 10.6. The van der Waals surface area contributed by atoms with Crippen molar-refractivity contribution < 1.29 is 4.79 Å². The number of halogens is 1. The van der Waals surface area contributed by atoms with Crippen molar-refractivity contribution in [2.75, 3.05) is 24.3 Å². The summed E-state index contributed by atoms with van der Waals surface area (Å²) in [6, 6.07) is 7.18. The molecule has 6 heteroatoms. The molecule has 19 heavy (non-hydrogen) atoms. The molecule has 0 saturated carbocycles. The van der Waals surface area contributed by atoms with Gasteiger partial charge in [0, 0.05) is 24.1 Å². The van der Waals surface area contributed by atoms with Crippen molar-refractivity contribution in [1.82, 2.24) is 9.97 Å². The summed E-state index contributed by atoms with van der Waals surface area (Å²) in [5.74, 6) is 0.406. The van der Waals surface area contributed by atoms with Crippen molar-refractivity contribution in [3.8, 4) is 0 Å². The smallest absolute Gasteiger partial charge is 0.255 e. The lowest BCUT2D eigenvalue weighted by atomic mass is 10.2. The maximum atomic E-state index is 12.0. The maximum Gasteiger partial charge on any atom is 0.255 e. The molecular weight excluding hydrogens is 308 g/mol. The topological polar surface area (TPSA) is 58.1 Å². The normalized spacial score (nSPS) is 10.1. The Bertz CT molecular complexity index is 583. The van der Waals surface area contributed by atoms with Gasteiger partial charge in [-0.2, -0.15) is 0 Å². The van der Waals surface area contributed by atoms with E-state index in [2.05, 4.69) is 31.2 Å². The van der Waals surface area contributed by atoms with Crippen molar-refractivity contribution in [3.05, 3.63) is 46.7 Å². The van der Waals surface area contributed by atoms with Crippen molar-refractivity contribution in [1.29, 1.82) is 0 Å². The molecule has 0 unspecified atom stereocenters. The number of nitrogens with zero attached hydrogens (tertiary/aromatic N) is 3. The summed E-state index contributed by atoms with van der Waals surface area (Å²) >= 11 is 3.33. The number of carbonyl (C=O) groups excluding carboxylic acids is 1. The van der Waals surface area contributed by atoms with Crippen LogP contribution in [-0.4, -0.2) is 30.0 Å². The monoisotopic (exact) mass is 320 g/mol. The zero-order valence-corrected chi connectivity index (χ0v) is 12.2. The predicted molar refractivity (Wildman–Crippen MR) is 78.5 cm³/mol. The van der Waals surface area contributed by atoms with Gasteiger partial charge in [-0.15, -0.1) is 0 Å². The Hall–Kier alpha value is -1.95. The molecule has 0 fully saturated rings. The molecule has 0 saturated heterocycles. The van der Waals surface area contributed by atoms with E-state index in [1.807, 2.05) is 26.2 Å². The number of hydrogen-bond acceptors (Lipinski definition) is 4. The van der Waals surface area contributed by atoms with E-state index >= 15 is 0 Å². The summed E-state index contributed by atoms with van der Waals surface area (Å²) in [7, 11) is 3.71. The lowest BCUT2D eigenvalue weighted by Gasteiger charge is -2.10. The SMILES string of the molecule is CN(C)c1ncc(NC(=O)c2cccc(Br)c2)cn1. The van der Waals surface area contributed by atoms with Crippen LogP contribution < -0.4 is 10.2 Å². The fourth-order valence-corrected chi connectivity index (χ4v) is 1.85. The van der Waals surface area contributed by atoms with Crippen molar-refractivity contribution in [3.63, 3.8) is 0 Å². The molecule has 1 amide bonds. The molecule has 1 aromatic carbocycles. The third-order valence-corrected chi connectivity index (χ3v) is 2.88. The van der Waals surface area contributed by atoms with Gasteiger partial charge in [0.1, 0.15) is 0 Å². The molecule has 1 N–H and O–H groups in total. The van der Waals surface area contributed by atoms with E-state index in [0.29, 0.717) is 17.2 Å². The summed E-state index contributed by atoms with van der Waals surface area (Å²) in [5, 5.41) is 2.75. The van der Waals surface area contributed by atoms with E-state index in [-0.39, 0.29) is 5.91 Å². The molecule has 0 aliphatic rings. The summed E-state index contributed by atoms with van der Waals surface area (Å²) in [6.07, 6.45) is 3.16. The molecule has 98 valence electrons. The molecule has 2 rings (SSSR count). The van der Waals surface area contributed by atoms with Gasteiger partial charge in [-0.1, -0.05) is 22.0 Å². The number of amides is 1. The average Bonchev–Trinajstić information content (AvgIpc) is 2.39. The number of aromatic nitrogens is 2. The molecule has 0 spiro atoms. The van der Waals surface area contributed by atoms with Gasteiger partial charge >= 0.3 is 0 Å². The van der Waals surface area contributed by atoms with Crippen LogP contribution >= 0.6 is 15.9 Å². The first-order valence-corrected chi connectivity index (χ1v) is 6.42. The van der Waals surface area contributed by atoms with Gasteiger partial charge in [-0.3, -0.25) is 4.79 Å². The fraction of sp³-hybridized carbons (Fsp3) is 0.154. The Kier molecular flexibility index (Phi) is 4.11. The minimum atomic E-state index is -0.192. The quantitative estimate of drug-likeness (QED) is 0.944. The lowest BCUT2D eigenvalue weighted by Crippen LogP contribution is -2.15. The molecule has 1 heterocycles. The van der Waals surface area contributed by atoms with Gasteiger partial charge in [0.15, 0.2) is 0 Å². The van der Waals surface area contributed by atoms with Crippen molar-refractivity contribution >= 4 is 33.5 Å². The largest absolute Gasteiger partial charge is 0.347 e. The molecule has 0 atom stereocenters. The fourth-order valence-electron chi connectivity index (χ4n) is 1.45. The van der Waals surface area contributed by atoms with E-state index in [4.69, 9.17) is 0 Å². The van der Waals surface area contributed by atoms with E-state index in [9.17, 15) is 4.79 Å². The number of rotatable bonds is 3. The van der Waals surface area contributed by atoms with Crippen LogP contribution in [-0.2, 0) is 0 Å². The van der Waals surface area contributed by atoms with Crippen LogP contribution in [0, 0.1) is 0 Å². The minimum absolute atomic E-state index is 0.192. The van der Waals surface area contributed by atoms with Gasteiger partial charge in [0.05, 0.1) is 18.1 Å². The van der Waals surface area contributed by atoms with Crippen LogP contribution in [0.3, 0.4) is 0 Å². The Balaban J connectivity index is 2.10. The van der Waals surface area contributed by atoms with Gasteiger partial charge in [0.2, 0.25) is 5.95 Å². The standard InChI is InChI=1S/C13H13BrN4O/c1-18(2)13-15-7-11(8-16-13)17-12(19)9-4-3-5-10(14)6-9/h3-8H,1-2H3,(H,17,19). The Morgan fingerprint density at radius 2 is 1.95 bits per heavy atom. The predicted octanol–water partition coefficient (Wildman–Crippen LogP) is 2.56. The molecule has 0 aliphatic carbocycles. The molecule has 0 bridgehead atoms. The number of hydrogen-bond donors (Lipinski definition) is 1. The number of benzene rings is 1. The molecule has 5 nitrogen and oxygen atoms in total. The van der Waals surface area contributed by atoms with Gasteiger partial charge in [0.25, 0.3) is 5.91 Å². The third-order valence-electron chi connectivity index (χ3n) is 2.38. The second-order valence-corrected chi connectivity index (χ2v) is 5.05. The van der Waals surface area contributed by atoms with Gasteiger partial charge in [-0.05, 0) is 18.2 Å². The number of carbonyl (C=O) groups is 1. The lowest BCUT2D eigenvalue weighted by molar-refractivity contribution is 0.102. The highest BCUT2D eigenvalue weighted by Gasteiger charge is 2.07. The van der Waals surface area contributed by atoms with Crippen LogP contribution in [0.25, 0.3) is 0 Å². The van der Waals surface area contributed by atoms with E-state index < -0.39 is 0 Å². The number of anilines is 2. The Morgan fingerprint density at radius 3 is 2.53 bits per heavy atom. The molecule has 2 aromatic rings. The second kappa shape index (κ2) is 5.79. The first-order valence-electron chi connectivity index (χ1n) is 5.62. The van der Waals surface area contributed by atoms with Crippen LogP contribution in [0.2, 0.25) is 0 Å². The van der Waals surface area contributed by atoms with E-state index in [1.54, 1.807) is 29.4 Å². The second-order valence-electron chi connectivity index (χ2n) is 4.13. The first kappa shape index (κ1) is 13.5. The van der Waals surface area contributed by atoms with Crippen LogP contribution in [0.4, 0.5) is 11.6 Å². The van der Waals surface area contributed by atoms with Gasteiger partial charge in [-0.25, -0.2) is 9.97 Å². The van der Waals surface area contributed by atoms with Crippen LogP contribution in [0.15, 0.2) is 41.1 Å². The van der Waals surface area contributed by atoms with Crippen molar-refractivity contribution in [2.24, 2.45) is 0 Å². The molecule has 0 aliphatic heterocycles. The van der Waals surface area contributed by atoms with Gasteiger partial charge < -0.3 is 10.2 Å². The summed E-state index contributed by atoms with van der Waals surface area (Å²) in [6.45, 7) is 0. The highest BCUT2D eigenvalue weighted by molar-refractivity contribution is 9.10. The first-order chi connectivity index (χ1) is 9.06. The number of nitrogens with one attached hydrogen (secondary N) is 1. The molecule has 0 radical (unpaired) electrons. The summed E-state index contributed by atoms with van der Waals surface area (Å²) in [5.41, 5.74) is 1.14.